The Labute approximate surface area is 108 Å². The van der Waals surface area contributed by atoms with E-state index >= 15 is 0 Å². The largest absolute Gasteiger partial charge is 0.468 e. The normalized spacial score (nSPS) is 17.1. The van der Waals surface area contributed by atoms with Crippen molar-refractivity contribution in [1.82, 2.24) is 0 Å². The SMILES string of the molecule is COC(=O)C1(Cc2cc(C)c(C)cc2C)COC1. The van der Waals surface area contributed by atoms with Crippen LogP contribution < -0.4 is 0 Å². The Hall–Kier alpha value is -1.35. The highest BCUT2D eigenvalue weighted by atomic mass is 16.5. The lowest BCUT2D eigenvalue weighted by atomic mass is 9.78. The summed E-state index contributed by atoms with van der Waals surface area (Å²) in [6, 6.07) is 4.35. The molecule has 0 amide bonds. The first-order chi connectivity index (χ1) is 8.48. The molecule has 3 nitrogen and oxygen atoms in total. The van der Waals surface area contributed by atoms with Crippen molar-refractivity contribution in [3.05, 3.63) is 34.4 Å². The summed E-state index contributed by atoms with van der Waals surface area (Å²) in [5, 5.41) is 0. The van der Waals surface area contributed by atoms with Gasteiger partial charge in [-0.2, -0.15) is 0 Å². The van der Waals surface area contributed by atoms with Gasteiger partial charge in [0.15, 0.2) is 0 Å². The molecule has 1 aromatic rings. The number of hydrogen-bond donors (Lipinski definition) is 0. The second-order valence-electron chi connectivity index (χ2n) is 5.30. The van der Waals surface area contributed by atoms with Gasteiger partial charge in [-0.15, -0.1) is 0 Å². The molecule has 1 heterocycles. The van der Waals surface area contributed by atoms with Crippen molar-refractivity contribution in [2.45, 2.75) is 27.2 Å². The van der Waals surface area contributed by atoms with Crippen LogP contribution in [0.4, 0.5) is 0 Å². The standard InChI is InChI=1S/C15H20O3/c1-10-5-12(3)13(6-11(10)2)7-15(8-18-9-15)14(16)17-4/h5-6H,7-9H2,1-4H3. The second-order valence-corrected chi connectivity index (χ2v) is 5.30. The minimum Gasteiger partial charge on any atom is -0.468 e. The fourth-order valence-electron chi connectivity index (χ4n) is 2.43. The quantitative estimate of drug-likeness (QED) is 0.770. The minimum atomic E-state index is -0.471. The number of ether oxygens (including phenoxy) is 2. The van der Waals surface area contributed by atoms with Gasteiger partial charge in [-0.1, -0.05) is 12.1 Å². The topological polar surface area (TPSA) is 35.5 Å². The van der Waals surface area contributed by atoms with E-state index in [0.717, 1.165) is 0 Å². The van der Waals surface area contributed by atoms with Crippen LogP contribution in [0.1, 0.15) is 22.3 Å². The molecule has 18 heavy (non-hydrogen) atoms. The van der Waals surface area contributed by atoms with E-state index < -0.39 is 5.41 Å². The minimum absolute atomic E-state index is 0.161. The average molecular weight is 248 g/mol. The molecule has 1 aliphatic rings. The van der Waals surface area contributed by atoms with Gasteiger partial charge in [0, 0.05) is 0 Å². The van der Waals surface area contributed by atoms with Crippen molar-refractivity contribution in [2.24, 2.45) is 5.41 Å². The van der Waals surface area contributed by atoms with Gasteiger partial charge < -0.3 is 9.47 Å². The first-order valence-corrected chi connectivity index (χ1v) is 6.21. The Kier molecular flexibility index (Phi) is 3.44. The van der Waals surface area contributed by atoms with Crippen molar-refractivity contribution in [1.29, 1.82) is 0 Å². The van der Waals surface area contributed by atoms with E-state index in [9.17, 15) is 4.79 Å². The number of esters is 1. The highest BCUT2D eigenvalue weighted by Crippen LogP contribution is 2.34. The maximum Gasteiger partial charge on any atom is 0.316 e. The van der Waals surface area contributed by atoms with E-state index in [1.165, 1.54) is 29.4 Å². The fraction of sp³-hybridized carbons (Fsp3) is 0.533. The summed E-state index contributed by atoms with van der Waals surface area (Å²) in [6.45, 7) is 7.22. The Morgan fingerprint density at radius 3 is 2.33 bits per heavy atom. The highest BCUT2D eigenvalue weighted by Gasteiger charge is 2.47. The molecule has 1 aliphatic heterocycles. The van der Waals surface area contributed by atoms with Crippen molar-refractivity contribution < 1.29 is 14.3 Å². The molecule has 3 heteroatoms. The van der Waals surface area contributed by atoms with Gasteiger partial charge in [0.25, 0.3) is 0 Å². The van der Waals surface area contributed by atoms with Crippen molar-refractivity contribution in [3.63, 3.8) is 0 Å². The van der Waals surface area contributed by atoms with Crippen LogP contribution in [-0.4, -0.2) is 26.3 Å². The van der Waals surface area contributed by atoms with E-state index in [1.807, 2.05) is 0 Å². The molecule has 1 saturated heterocycles. The van der Waals surface area contributed by atoms with Crippen LogP contribution >= 0.6 is 0 Å². The molecule has 0 radical (unpaired) electrons. The van der Waals surface area contributed by atoms with E-state index in [1.54, 1.807) is 0 Å². The van der Waals surface area contributed by atoms with Gasteiger partial charge in [-0.25, -0.2) is 0 Å². The number of aryl methyl sites for hydroxylation is 3. The Bertz CT molecular complexity index is 473. The number of hydrogen-bond acceptors (Lipinski definition) is 3. The summed E-state index contributed by atoms with van der Waals surface area (Å²) >= 11 is 0. The van der Waals surface area contributed by atoms with Gasteiger partial charge in [0.1, 0.15) is 5.41 Å². The lowest BCUT2D eigenvalue weighted by molar-refractivity contribution is -0.182. The van der Waals surface area contributed by atoms with Crippen LogP contribution in [0.3, 0.4) is 0 Å². The lowest BCUT2D eigenvalue weighted by Gasteiger charge is -2.39. The molecule has 2 rings (SSSR count). The molecule has 0 atom stereocenters. The maximum atomic E-state index is 11.9. The molecule has 98 valence electrons. The zero-order valence-corrected chi connectivity index (χ0v) is 11.5. The maximum absolute atomic E-state index is 11.9. The van der Waals surface area contributed by atoms with Gasteiger partial charge in [-0.3, -0.25) is 4.79 Å². The molecule has 1 fully saturated rings. The molecular weight excluding hydrogens is 228 g/mol. The third kappa shape index (κ3) is 2.15. The molecule has 0 aliphatic carbocycles. The smallest absolute Gasteiger partial charge is 0.316 e. The number of carbonyl (C=O) groups excluding carboxylic acids is 1. The highest BCUT2D eigenvalue weighted by molar-refractivity contribution is 5.78. The molecule has 0 aromatic heterocycles. The summed E-state index contributed by atoms with van der Waals surface area (Å²) in [6.07, 6.45) is 0.701. The van der Waals surface area contributed by atoms with Gasteiger partial charge in [0.2, 0.25) is 0 Å². The third-order valence-corrected chi connectivity index (χ3v) is 3.86. The summed E-state index contributed by atoms with van der Waals surface area (Å²) in [4.78, 5) is 11.9. The van der Waals surface area contributed by atoms with E-state index in [2.05, 4.69) is 32.9 Å². The predicted molar refractivity (Wildman–Crippen MR) is 69.6 cm³/mol. The second kappa shape index (κ2) is 4.73. The first-order valence-electron chi connectivity index (χ1n) is 6.21. The zero-order valence-electron chi connectivity index (χ0n) is 11.5. The summed E-state index contributed by atoms with van der Waals surface area (Å²) in [5.74, 6) is -0.161. The molecule has 0 saturated carbocycles. The van der Waals surface area contributed by atoms with Crippen LogP contribution in [0.2, 0.25) is 0 Å². The number of methoxy groups -OCH3 is 1. The Balaban J connectivity index is 2.28. The van der Waals surface area contributed by atoms with E-state index in [4.69, 9.17) is 9.47 Å². The van der Waals surface area contributed by atoms with Gasteiger partial charge >= 0.3 is 5.97 Å². The molecule has 0 bridgehead atoms. The molecule has 0 spiro atoms. The van der Waals surface area contributed by atoms with Crippen LogP contribution in [-0.2, 0) is 20.7 Å². The van der Waals surface area contributed by atoms with Gasteiger partial charge in [-0.05, 0) is 49.4 Å². The average Bonchev–Trinajstić information content (AvgIpc) is 2.29. The molecule has 1 aromatic carbocycles. The van der Waals surface area contributed by atoms with E-state index in [0.29, 0.717) is 19.6 Å². The van der Waals surface area contributed by atoms with Crippen LogP contribution in [0.15, 0.2) is 12.1 Å². The molecule has 0 N–H and O–H groups in total. The molecule has 0 unspecified atom stereocenters. The number of carbonyl (C=O) groups is 1. The fourth-order valence-corrected chi connectivity index (χ4v) is 2.43. The van der Waals surface area contributed by atoms with Crippen molar-refractivity contribution in [3.8, 4) is 0 Å². The van der Waals surface area contributed by atoms with Crippen LogP contribution in [0.25, 0.3) is 0 Å². The Morgan fingerprint density at radius 1 is 1.22 bits per heavy atom. The Morgan fingerprint density at radius 2 is 1.83 bits per heavy atom. The summed E-state index contributed by atoms with van der Waals surface area (Å²) in [7, 11) is 1.44. The van der Waals surface area contributed by atoms with Crippen molar-refractivity contribution >= 4 is 5.97 Å². The molecular formula is C15H20O3. The van der Waals surface area contributed by atoms with E-state index in [-0.39, 0.29) is 5.97 Å². The lowest BCUT2D eigenvalue weighted by Crippen LogP contribution is -2.51. The summed E-state index contributed by atoms with van der Waals surface area (Å²) in [5.41, 5.74) is 4.52. The van der Waals surface area contributed by atoms with Crippen LogP contribution in [0.5, 0.6) is 0 Å². The summed E-state index contributed by atoms with van der Waals surface area (Å²) < 4.78 is 10.1. The monoisotopic (exact) mass is 248 g/mol. The first kappa shape index (κ1) is 13.1. The van der Waals surface area contributed by atoms with Gasteiger partial charge in [0.05, 0.1) is 20.3 Å². The number of benzene rings is 1. The van der Waals surface area contributed by atoms with Crippen LogP contribution in [0, 0.1) is 26.2 Å². The van der Waals surface area contributed by atoms with Crippen molar-refractivity contribution in [2.75, 3.05) is 20.3 Å². The predicted octanol–water partition coefficient (Wildman–Crippen LogP) is 2.34. The zero-order chi connectivity index (χ0) is 13.3. The third-order valence-electron chi connectivity index (χ3n) is 3.86. The number of rotatable bonds is 3.